The van der Waals surface area contributed by atoms with Gasteiger partial charge >= 0.3 is 0 Å². The fourth-order valence-corrected chi connectivity index (χ4v) is 1.97. The van der Waals surface area contributed by atoms with Crippen molar-refractivity contribution in [2.24, 2.45) is 0 Å². The van der Waals surface area contributed by atoms with Gasteiger partial charge in [-0.3, -0.25) is 0 Å². The van der Waals surface area contributed by atoms with Crippen LogP contribution >= 0.6 is 0 Å². The zero-order valence-electron chi connectivity index (χ0n) is 13.3. The minimum Gasteiger partial charge on any atom is -0.483 e. The largest absolute Gasteiger partial charge is 0.483 e. The lowest BCUT2D eigenvalue weighted by molar-refractivity contribution is 0.241. The molecule has 5 heteroatoms. The van der Waals surface area contributed by atoms with Crippen LogP contribution in [0, 0.1) is 6.92 Å². The van der Waals surface area contributed by atoms with E-state index in [1.54, 1.807) is 0 Å². The summed E-state index contributed by atoms with van der Waals surface area (Å²) in [5.74, 6) is 2.31. The Balaban J connectivity index is 2.02. The molecular weight excluding hydrogens is 266 g/mol. The number of nitrogens with zero attached hydrogens (tertiary/aromatic N) is 2. The van der Waals surface area contributed by atoms with Crippen LogP contribution in [0.15, 0.2) is 22.7 Å². The van der Waals surface area contributed by atoms with Crippen LogP contribution in [0.2, 0.25) is 0 Å². The van der Waals surface area contributed by atoms with Crippen molar-refractivity contribution in [3.05, 3.63) is 41.0 Å². The van der Waals surface area contributed by atoms with Gasteiger partial charge in [0.2, 0.25) is 0 Å². The third-order valence-corrected chi connectivity index (χ3v) is 3.48. The SMILES string of the molecule is CNC(C)c1ccc(OCc2nc(C(C)C)no2)c(C)c1. The molecule has 0 aliphatic carbocycles. The van der Waals surface area contributed by atoms with E-state index in [-0.39, 0.29) is 5.92 Å². The van der Waals surface area contributed by atoms with E-state index in [0.717, 1.165) is 11.3 Å². The summed E-state index contributed by atoms with van der Waals surface area (Å²) in [4.78, 5) is 4.30. The Morgan fingerprint density at radius 2 is 2.05 bits per heavy atom. The molecule has 1 unspecified atom stereocenters. The van der Waals surface area contributed by atoms with E-state index in [1.807, 2.05) is 33.9 Å². The third-order valence-electron chi connectivity index (χ3n) is 3.48. The van der Waals surface area contributed by atoms with Gasteiger partial charge in [-0.1, -0.05) is 31.1 Å². The van der Waals surface area contributed by atoms with Crippen molar-refractivity contribution in [3.8, 4) is 5.75 Å². The van der Waals surface area contributed by atoms with Crippen molar-refractivity contribution < 1.29 is 9.26 Å². The summed E-state index contributed by atoms with van der Waals surface area (Å²) in [6.07, 6.45) is 0. The molecule has 0 aliphatic rings. The Morgan fingerprint density at radius 1 is 1.29 bits per heavy atom. The van der Waals surface area contributed by atoms with Gasteiger partial charge < -0.3 is 14.6 Å². The molecule has 5 nitrogen and oxygen atoms in total. The number of aryl methyl sites for hydroxylation is 1. The van der Waals surface area contributed by atoms with Crippen LogP contribution in [0.25, 0.3) is 0 Å². The maximum atomic E-state index is 5.77. The number of rotatable bonds is 6. The fraction of sp³-hybridized carbons (Fsp3) is 0.500. The molecular formula is C16H23N3O2. The summed E-state index contributed by atoms with van der Waals surface area (Å²) < 4.78 is 10.9. The summed E-state index contributed by atoms with van der Waals surface area (Å²) in [7, 11) is 1.95. The average molecular weight is 289 g/mol. The predicted octanol–water partition coefficient (Wildman–Crippen LogP) is 3.36. The molecule has 2 aromatic rings. The molecule has 1 atom stereocenters. The molecule has 0 fully saturated rings. The van der Waals surface area contributed by atoms with Gasteiger partial charge in [0.1, 0.15) is 5.75 Å². The Labute approximate surface area is 125 Å². The molecule has 0 saturated heterocycles. The molecule has 0 radical (unpaired) electrons. The lowest BCUT2D eigenvalue weighted by atomic mass is 10.1. The summed E-state index contributed by atoms with van der Waals surface area (Å²) >= 11 is 0. The second-order valence-electron chi connectivity index (χ2n) is 5.52. The van der Waals surface area contributed by atoms with E-state index < -0.39 is 0 Å². The molecule has 0 amide bonds. The van der Waals surface area contributed by atoms with Crippen LogP contribution in [-0.2, 0) is 6.61 Å². The van der Waals surface area contributed by atoms with Crippen molar-refractivity contribution in [1.82, 2.24) is 15.5 Å². The second-order valence-corrected chi connectivity index (χ2v) is 5.52. The van der Waals surface area contributed by atoms with Crippen molar-refractivity contribution in [1.29, 1.82) is 0 Å². The van der Waals surface area contributed by atoms with E-state index in [9.17, 15) is 0 Å². The van der Waals surface area contributed by atoms with Gasteiger partial charge in [0, 0.05) is 12.0 Å². The number of nitrogens with one attached hydrogen (secondary N) is 1. The number of ether oxygens (including phenoxy) is 1. The first kappa shape index (κ1) is 15.5. The molecule has 0 saturated carbocycles. The van der Waals surface area contributed by atoms with Gasteiger partial charge in [0.25, 0.3) is 5.89 Å². The van der Waals surface area contributed by atoms with E-state index in [0.29, 0.717) is 24.4 Å². The average Bonchev–Trinajstić information content (AvgIpc) is 2.94. The molecule has 0 aliphatic heterocycles. The Hall–Kier alpha value is -1.88. The monoisotopic (exact) mass is 289 g/mol. The van der Waals surface area contributed by atoms with Gasteiger partial charge in [-0.2, -0.15) is 4.98 Å². The minimum atomic E-state index is 0.256. The number of benzene rings is 1. The maximum absolute atomic E-state index is 5.77. The zero-order valence-corrected chi connectivity index (χ0v) is 13.3. The van der Waals surface area contributed by atoms with Gasteiger partial charge in [-0.15, -0.1) is 0 Å². The van der Waals surface area contributed by atoms with Crippen molar-refractivity contribution >= 4 is 0 Å². The molecule has 21 heavy (non-hydrogen) atoms. The van der Waals surface area contributed by atoms with Crippen LogP contribution < -0.4 is 10.1 Å². The predicted molar refractivity (Wildman–Crippen MR) is 81.4 cm³/mol. The molecule has 1 aromatic carbocycles. The smallest absolute Gasteiger partial charge is 0.264 e. The number of aromatic nitrogens is 2. The van der Waals surface area contributed by atoms with Crippen molar-refractivity contribution in [2.75, 3.05) is 7.05 Å². The minimum absolute atomic E-state index is 0.256. The lowest BCUT2D eigenvalue weighted by Crippen LogP contribution is -2.12. The van der Waals surface area contributed by atoms with Gasteiger partial charge in [-0.05, 0) is 38.1 Å². The molecule has 2 rings (SSSR count). The molecule has 114 valence electrons. The maximum Gasteiger partial charge on any atom is 0.264 e. The molecule has 0 spiro atoms. The molecule has 1 heterocycles. The Bertz CT molecular complexity index is 593. The zero-order chi connectivity index (χ0) is 15.4. The van der Waals surface area contributed by atoms with Crippen LogP contribution in [-0.4, -0.2) is 17.2 Å². The van der Waals surface area contributed by atoms with Gasteiger partial charge in [0.15, 0.2) is 12.4 Å². The highest BCUT2D eigenvalue weighted by Crippen LogP contribution is 2.23. The first-order chi connectivity index (χ1) is 10.0. The number of hydrogen-bond acceptors (Lipinski definition) is 5. The van der Waals surface area contributed by atoms with Crippen LogP contribution in [0.3, 0.4) is 0 Å². The molecule has 0 bridgehead atoms. The first-order valence-corrected chi connectivity index (χ1v) is 7.24. The Kier molecular flexibility index (Phi) is 4.96. The van der Waals surface area contributed by atoms with Gasteiger partial charge in [-0.25, -0.2) is 0 Å². The summed E-state index contributed by atoms with van der Waals surface area (Å²) in [5, 5.41) is 7.15. The second kappa shape index (κ2) is 6.72. The Morgan fingerprint density at radius 3 is 2.62 bits per heavy atom. The number of hydrogen-bond donors (Lipinski definition) is 1. The highest BCUT2D eigenvalue weighted by atomic mass is 16.5. The summed E-state index contributed by atoms with van der Waals surface area (Å²) in [6.45, 7) is 8.51. The highest BCUT2D eigenvalue weighted by Gasteiger charge is 2.11. The summed E-state index contributed by atoms with van der Waals surface area (Å²) in [5.41, 5.74) is 2.33. The van der Waals surface area contributed by atoms with E-state index in [4.69, 9.17) is 9.26 Å². The van der Waals surface area contributed by atoms with Crippen LogP contribution in [0.4, 0.5) is 0 Å². The normalized spacial score (nSPS) is 12.7. The quantitative estimate of drug-likeness (QED) is 0.883. The van der Waals surface area contributed by atoms with E-state index in [1.165, 1.54) is 5.56 Å². The molecule has 1 N–H and O–H groups in total. The third kappa shape index (κ3) is 3.82. The standard InChI is InChI=1S/C16H23N3O2/c1-10(2)16-18-15(21-19-16)9-20-14-7-6-13(8-11(14)3)12(4)17-5/h6-8,10,12,17H,9H2,1-5H3. The van der Waals surface area contributed by atoms with E-state index >= 15 is 0 Å². The van der Waals surface area contributed by atoms with Gasteiger partial charge in [0.05, 0.1) is 0 Å². The topological polar surface area (TPSA) is 60.2 Å². The lowest BCUT2D eigenvalue weighted by Gasteiger charge is -2.13. The van der Waals surface area contributed by atoms with Crippen LogP contribution in [0.1, 0.15) is 55.6 Å². The van der Waals surface area contributed by atoms with E-state index in [2.05, 4.69) is 34.5 Å². The highest BCUT2D eigenvalue weighted by molar-refractivity contribution is 5.37. The molecule has 1 aromatic heterocycles. The van der Waals surface area contributed by atoms with Crippen molar-refractivity contribution in [2.45, 2.75) is 46.3 Å². The first-order valence-electron chi connectivity index (χ1n) is 7.24. The summed E-state index contributed by atoms with van der Waals surface area (Å²) in [6, 6.07) is 6.50. The van der Waals surface area contributed by atoms with Crippen molar-refractivity contribution in [3.63, 3.8) is 0 Å². The van der Waals surface area contributed by atoms with Crippen LogP contribution in [0.5, 0.6) is 5.75 Å². The fourth-order valence-electron chi connectivity index (χ4n) is 1.97.